The Morgan fingerprint density at radius 1 is 1.15 bits per heavy atom. The average Bonchev–Trinajstić information content (AvgIpc) is 2.37. The zero-order chi connectivity index (χ0) is 14.7. The normalized spacial score (nSPS) is 10.4. The Morgan fingerprint density at radius 3 is 2.35 bits per heavy atom. The highest BCUT2D eigenvalue weighted by atomic mass is 79.9. The summed E-state index contributed by atoms with van der Waals surface area (Å²) in [6, 6.07) is 9.91. The van der Waals surface area contributed by atoms with Crippen LogP contribution in [0.1, 0.15) is 11.1 Å². The second-order valence-electron chi connectivity index (χ2n) is 4.41. The Kier molecular flexibility index (Phi) is 5.35. The molecule has 0 saturated heterocycles. The molecule has 0 aliphatic heterocycles. The second-order valence-corrected chi connectivity index (χ2v) is 6.55. The van der Waals surface area contributed by atoms with Crippen LogP contribution in [0.25, 0.3) is 0 Å². The largest absolute Gasteiger partial charge is 0.494 e. The van der Waals surface area contributed by atoms with Gasteiger partial charge in [0.15, 0.2) is 0 Å². The number of aryl methyl sites for hydroxylation is 1. The molecule has 2 aromatic rings. The lowest BCUT2D eigenvalue weighted by Crippen LogP contribution is -2.01. The van der Waals surface area contributed by atoms with Crippen LogP contribution < -0.4 is 10.1 Å². The topological polar surface area (TPSA) is 21.3 Å². The number of nitrogens with one attached hydrogen (secondary N) is 1. The minimum atomic E-state index is 0.726. The average molecular weight is 420 g/mol. The summed E-state index contributed by atoms with van der Waals surface area (Å²) < 4.78 is 7.16. The molecule has 20 heavy (non-hydrogen) atoms. The molecule has 2 aromatic carbocycles. The van der Waals surface area contributed by atoms with Gasteiger partial charge in [-0.15, -0.1) is 0 Å². The molecule has 0 aliphatic rings. The van der Waals surface area contributed by atoms with Crippen LogP contribution in [0, 0.1) is 6.92 Å². The maximum Gasteiger partial charge on any atom is 0.147 e. The second kappa shape index (κ2) is 6.83. The third-order valence-electron chi connectivity index (χ3n) is 2.93. The SMILES string of the molecule is COc1c(Br)cc(CNc2ccc(Cl)cc2C)cc1Br. The molecular formula is C15H14Br2ClNO. The fourth-order valence-corrected chi connectivity index (χ4v) is 3.76. The predicted octanol–water partition coefficient (Wildman–Crippen LogP) is 5.79. The lowest BCUT2D eigenvalue weighted by molar-refractivity contribution is 0.409. The first kappa shape index (κ1) is 15.7. The van der Waals surface area contributed by atoms with E-state index in [1.165, 1.54) is 0 Å². The van der Waals surface area contributed by atoms with Gasteiger partial charge in [0.2, 0.25) is 0 Å². The van der Waals surface area contributed by atoms with Gasteiger partial charge < -0.3 is 10.1 Å². The Bertz CT molecular complexity index is 608. The summed E-state index contributed by atoms with van der Waals surface area (Å²) in [6.45, 7) is 2.76. The monoisotopic (exact) mass is 417 g/mol. The fourth-order valence-electron chi connectivity index (χ4n) is 1.93. The summed E-state index contributed by atoms with van der Waals surface area (Å²) in [4.78, 5) is 0. The molecule has 2 nitrogen and oxygen atoms in total. The van der Waals surface area contributed by atoms with Crippen LogP contribution in [-0.2, 0) is 6.54 Å². The van der Waals surface area contributed by atoms with Gasteiger partial charge in [0.05, 0.1) is 16.1 Å². The van der Waals surface area contributed by atoms with Gasteiger partial charge in [-0.25, -0.2) is 0 Å². The molecule has 0 amide bonds. The quantitative estimate of drug-likeness (QED) is 0.677. The minimum absolute atomic E-state index is 0.726. The van der Waals surface area contributed by atoms with Gasteiger partial charge in [0.25, 0.3) is 0 Å². The van der Waals surface area contributed by atoms with E-state index >= 15 is 0 Å². The first-order chi connectivity index (χ1) is 9.51. The van der Waals surface area contributed by atoms with Crippen LogP contribution in [0.5, 0.6) is 5.75 Å². The maximum absolute atomic E-state index is 5.95. The van der Waals surface area contributed by atoms with Crippen molar-refractivity contribution < 1.29 is 4.74 Å². The van der Waals surface area contributed by atoms with Gasteiger partial charge in [0.1, 0.15) is 5.75 Å². The zero-order valence-corrected chi connectivity index (χ0v) is 15.1. The minimum Gasteiger partial charge on any atom is -0.494 e. The number of hydrogen-bond donors (Lipinski definition) is 1. The number of rotatable bonds is 4. The highest BCUT2D eigenvalue weighted by Crippen LogP contribution is 2.34. The summed E-state index contributed by atoms with van der Waals surface area (Å²) in [5.74, 6) is 0.802. The van der Waals surface area contributed by atoms with Crippen molar-refractivity contribution in [2.45, 2.75) is 13.5 Å². The lowest BCUT2D eigenvalue weighted by Gasteiger charge is -2.12. The first-order valence-electron chi connectivity index (χ1n) is 6.03. The van der Waals surface area contributed by atoms with Gasteiger partial charge >= 0.3 is 0 Å². The van der Waals surface area contributed by atoms with E-state index < -0.39 is 0 Å². The number of ether oxygens (including phenoxy) is 1. The van der Waals surface area contributed by atoms with Crippen molar-refractivity contribution in [3.8, 4) is 5.75 Å². The Balaban J connectivity index is 2.15. The van der Waals surface area contributed by atoms with Crippen LogP contribution in [-0.4, -0.2) is 7.11 Å². The van der Waals surface area contributed by atoms with Crippen molar-refractivity contribution in [2.75, 3.05) is 12.4 Å². The van der Waals surface area contributed by atoms with Crippen molar-refractivity contribution >= 4 is 49.1 Å². The van der Waals surface area contributed by atoms with E-state index in [9.17, 15) is 0 Å². The zero-order valence-electron chi connectivity index (χ0n) is 11.1. The van der Waals surface area contributed by atoms with Crippen molar-refractivity contribution in [3.63, 3.8) is 0 Å². The highest BCUT2D eigenvalue weighted by molar-refractivity contribution is 9.11. The molecule has 0 unspecified atom stereocenters. The van der Waals surface area contributed by atoms with E-state index in [2.05, 4.69) is 37.2 Å². The van der Waals surface area contributed by atoms with E-state index in [-0.39, 0.29) is 0 Å². The number of methoxy groups -OCH3 is 1. The summed E-state index contributed by atoms with van der Waals surface area (Å²) in [5.41, 5.74) is 3.36. The fraction of sp³-hybridized carbons (Fsp3) is 0.200. The molecule has 0 aromatic heterocycles. The standard InChI is InChI=1S/C15H14Br2ClNO/c1-9-5-11(18)3-4-14(9)19-8-10-6-12(16)15(20-2)13(17)7-10/h3-7,19H,8H2,1-2H3. The Morgan fingerprint density at radius 2 is 1.80 bits per heavy atom. The molecule has 1 N–H and O–H groups in total. The highest BCUT2D eigenvalue weighted by Gasteiger charge is 2.08. The maximum atomic E-state index is 5.95. The number of halogens is 3. The van der Waals surface area contributed by atoms with E-state index in [0.717, 1.165) is 43.1 Å². The van der Waals surface area contributed by atoms with Crippen molar-refractivity contribution in [1.82, 2.24) is 0 Å². The summed E-state index contributed by atoms with van der Waals surface area (Å²) in [7, 11) is 1.65. The lowest BCUT2D eigenvalue weighted by atomic mass is 10.1. The molecule has 5 heteroatoms. The molecule has 0 atom stereocenters. The van der Waals surface area contributed by atoms with Crippen molar-refractivity contribution in [3.05, 3.63) is 55.4 Å². The Labute approximate surface area is 140 Å². The van der Waals surface area contributed by atoms with Crippen LogP contribution in [0.2, 0.25) is 5.02 Å². The molecule has 0 fully saturated rings. The van der Waals surface area contributed by atoms with Gasteiger partial charge in [-0.1, -0.05) is 11.6 Å². The van der Waals surface area contributed by atoms with Crippen molar-refractivity contribution in [2.24, 2.45) is 0 Å². The molecule has 0 saturated carbocycles. The predicted molar refractivity (Wildman–Crippen MR) is 91.9 cm³/mol. The van der Waals surface area contributed by atoms with Crippen LogP contribution in [0.4, 0.5) is 5.69 Å². The summed E-state index contributed by atoms with van der Waals surface area (Å²) in [5, 5.41) is 4.16. The first-order valence-corrected chi connectivity index (χ1v) is 7.99. The summed E-state index contributed by atoms with van der Waals surface area (Å²) >= 11 is 13.0. The van der Waals surface area contributed by atoms with E-state index in [0.29, 0.717) is 0 Å². The third kappa shape index (κ3) is 3.68. The molecule has 0 spiro atoms. The summed E-state index contributed by atoms with van der Waals surface area (Å²) in [6.07, 6.45) is 0. The number of hydrogen-bond acceptors (Lipinski definition) is 2. The molecule has 0 radical (unpaired) electrons. The number of anilines is 1. The number of benzene rings is 2. The van der Waals surface area contributed by atoms with Gasteiger partial charge in [-0.2, -0.15) is 0 Å². The van der Waals surface area contributed by atoms with Gasteiger partial charge in [-0.3, -0.25) is 0 Å². The van der Waals surface area contributed by atoms with Crippen molar-refractivity contribution in [1.29, 1.82) is 0 Å². The van der Waals surface area contributed by atoms with Crippen LogP contribution in [0.15, 0.2) is 39.3 Å². The molecule has 106 valence electrons. The molecule has 0 aliphatic carbocycles. The van der Waals surface area contributed by atoms with E-state index in [1.807, 2.05) is 37.3 Å². The third-order valence-corrected chi connectivity index (χ3v) is 4.35. The van der Waals surface area contributed by atoms with Crippen LogP contribution >= 0.6 is 43.5 Å². The van der Waals surface area contributed by atoms with Gasteiger partial charge in [0, 0.05) is 17.3 Å². The Hall–Kier alpha value is -0.710. The van der Waals surface area contributed by atoms with Crippen LogP contribution in [0.3, 0.4) is 0 Å². The smallest absolute Gasteiger partial charge is 0.147 e. The molecule has 0 bridgehead atoms. The van der Waals surface area contributed by atoms with E-state index in [1.54, 1.807) is 7.11 Å². The molecular weight excluding hydrogens is 405 g/mol. The van der Waals surface area contributed by atoms with E-state index in [4.69, 9.17) is 16.3 Å². The molecule has 0 heterocycles. The molecule has 2 rings (SSSR count). The van der Waals surface area contributed by atoms with Gasteiger partial charge in [-0.05, 0) is 80.2 Å².